The Morgan fingerprint density at radius 1 is 0.844 bits per heavy atom. The van der Waals surface area contributed by atoms with Gasteiger partial charge in [-0.3, -0.25) is 10.1 Å². The summed E-state index contributed by atoms with van der Waals surface area (Å²) in [4.78, 5) is 9.73. The van der Waals surface area contributed by atoms with Crippen molar-refractivity contribution in [1.82, 2.24) is 0 Å². The maximum atomic E-state index is 10.4. The van der Waals surface area contributed by atoms with E-state index in [1.807, 2.05) is 38.1 Å². The largest absolute Gasteiger partial charge is 1.00 e. The third-order valence-corrected chi connectivity index (χ3v) is 4.44. The van der Waals surface area contributed by atoms with Gasteiger partial charge in [-0.1, -0.05) is 40.2 Å². The average Bonchev–Trinajstić information content (AvgIpc) is 2.67. The number of aryl methyl sites for hydroxylation is 3. The van der Waals surface area contributed by atoms with E-state index >= 15 is 0 Å². The minimum Gasteiger partial charge on any atom is -1.00 e. The highest BCUT2D eigenvalue weighted by Crippen LogP contribution is 2.32. The fourth-order valence-electron chi connectivity index (χ4n) is 2.22. The highest BCUT2D eigenvalue weighted by atomic mass is 79.9. The molecule has 0 fully saturated rings. The first kappa shape index (κ1) is 31.3. The van der Waals surface area contributed by atoms with E-state index in [0.717, 1.165) is 11.1 Å². The predicted octanol–water partition coefficient (Wildman–Crippen LogP) is 2.61. The second kappa shape index (κ2) is 14.2. The van der Waals surface area contributed by atoms with Crippen LogP contribution in [0.4, 0.5) is 17.1 Å². The van der Waals surface area contributed by atoms with Crippen LogP contribution in [0.25, 0.3) is 0 Å². The van der Waals surface area contributed by atoms with Crippen LogP contribution in [-0.2, 0) is 0 Å². The summed E-state index contributed by atoms with van der Waals surface area (Å²) in [6.45, 7) is 5.23. The highest BCUT2D eigenvalue weighted by molar-refractivity contribution is 9.10. The standard InChI is InChI=1S/C7H6BrNO3.2C7H9NO.2ClH.H2/c1-4-2-5(8)3-6(7(4)10)9(11)12;2*1-5-3-2-4-6(8)7(5)9;;;/h2-3,10H,1H3;2*2-4,9H,8H2,1H3;3*1H/p-1. The van der Waals surface area contributed by atoms with Crippen LogP contribution in [0.15, 0.2) is 53.0 Å². The number of aromatic hydroxyl groups is 3. The zero-order valence-corrected chi connectivity index (χ0v) is 20.7. The van der Waals surface area contributed by atoms with E-state index in [9.17, 15) is 15.2 Å². The molecule has 178 valence electrons. The van der Waals surface area contributed by atoms with Crippen LogP contribution in [0.3, 0.4) is 0 Å². The normalized spacial score (nSPS) is 9.00. The van der Waals surface area contributed by atoms with Gasteiger partial charge in [0.1, 0.15) is 11.5 Å². The molecule has 11 heteroatoms. The topological polar surface area (TPSA) is 156 Å². The van der Waals surface area contributed by atoms with Gasteiger partial charge in [0.05, 0.1) is 16.3 Å². The Bertz CT molecular complexity index is 969. The average molecular weight is 552 g/mol. The molecular weight excluding hydrogens is 525 g/mol. The van der Waals surface area contributed by atoms with Crippen molar-refractivity contribution in [3.63, 3.8) is 0 Å². The first-order valence-electron chi connectivity index (χ1n) is 8.67. The molecule has 0 aliphatic rings. The third kappa shape index (κ3) is 9.09. The van der Waals surface area contributed by atoms with Crippen LogP contribution in [0.1, 0.15) is 18.1 Å². The number of nitro groups is 1. The van der Waals surface area contributed by atoms with Crippen LogP contribution < -0.4 is 23.9 Å². The smallest absolute Gasteiger partial charge is 0.312 e. The maximum Gasteiger partial charge on any atom is 0.312 e. The number of phenols is 3. The molecule has 0 bridgehead atoms. The van der Waals surface area contributed by atoms with Crippen molar-refractivity contribution in [3.8, 4) is 17.2 Å². The second-order valence-electron chi connectivity index (χ2n) is 6.37. The molecule has 0 amide bonds. The predicted molar refractivity (Wildman–Crippen MR) is 131 cm³/mol. The van der Waals surface area contributed by atoms with Crippen LogP contribution in [-0.4, -0.2) is 20.2 Å². The van der Waals surface area contributed by atoms with Gasteiger partial charge < -0.3 is 39.2 Å². The SMILES string of the molecule is Cc1cc(Br)cc([N+](=O)[O-])c1O.Cc1cccc(N)c1O.Cc1cccc(N)c1O.Cl.[Cl-].[HH]. The lowest BCUT2D eigenvalue weighted by atomic mass is 10.2. The number of rotatable bonds is 1. The quantitative estimate of drug-likeness (QED) is 0.135. The van der Waals surface area contributed by atoms with Crippen molar-refractivity contribution in [2.75, 3.05) is 11.5 Å². The van der Waals surface area contributed by atoms with Crippen molar-refractivity contribution in [1.29, 1.82) is 0 Å². The van der Waals surface area contributed by atoms with Crippen molar-refractivity contribution < 1.29 is 34.1 Å². The molecule has 3 aromatic carbocycles. The fraction of sp³-hybridized carbons (Fsp3) is 0.143. The molecule has 0 spiro atoms. The zero-order valence-electron chi connectivity index (χ0n) is 17.5. The summed E-state index contributed by atoms with van der Waals surface area (Å²) in [6, 6.07) is 13.5. The fourth-order valence-corrected chi connectivity index (χ4v) is 2.78. The van der Waals surface area contributed by atoms with E-state index in [4.69, 9.17) is 21.7 Å². The van der Waals surface area contributed by atoms with Gasteiger partial charge in [0.2, 0.25) is 0 Å². The monoisotopic (exact) mass is 550 g/mol. The highest BCUT2D eigenvalue weighted by Gasteiger charge is 2.15. The van der Waals surface area contributed by atoms with E-state index in [1.54, 1.807) is 25.1 Å². The first-order valence-corrected chi connectivity index (χ1v) is 9.46. The summed E-state index contributed by atoms with van der Waals surface area (Å²) in [5.74, 6) is 0.109. The summed E-state index contributed by atoms with van der Waals surface area (Å²) in [5.41, 5.74) is 13.5. The number of benzene rings is 3. The number of anilines is 2. The van der Waals surface area contributed by atoms with E-state index in [2.05, 4.69) is 15.9 Å². The Labute approximate surface area is 208 Å². The van der Waals surface area contributed by atoms with Crippen molar-refractivity contribution in [2.45, 2.75) is 20.8 Å². The first-order chi connectivity index (χ1) is 14.0. The molecule has 8 nitrogen and oxygen atoms in total. The summed E-state index contributed by atoms with van der Waals surface area (Å²) < 4.78 is 0.588. The number of nitrogens with zero attached hydrogens (tertiary/aromatic N) is 1. The molecule has 7 N–H and O–H groups in total. The molecule has 0 aliphatic heterocycles. The lowest BCUT2D eigenvalue weighted by molar-refractivity contribution is -0.386. The van der Waals surface area contributed by atoms with E-state index < -0.39 is 4.92 Å². The molecule has 0 saturated heterocycles. The number of hydrogen-bond acceptors (Lipinski definition) is 7. The van der Waals surface area contributed by atoms with Gasteiger partial charge in [-0.25, -0.2) is 0 Å². The van der Waals surface area contributed by atoms with Gasteiger partial charge in [0, 0.05) is 12.0 Å². The molecule has 0 unspecified atom stereocenters. The maximum absolute atomic E-state index is 10.4. The Morgan fingerprint density at radius 3 is 1.56 bits per heavy atom. The van der Waals surface area contributed by atoms with Gasteiger partial charge in [-0.05, 0) is 55.7 Å². The van der Waals surface area contributed by atoms with Crippen molar-refractivity contribution >= 4 is 45.4 Å². The number of phenolic OH excluding ortho intramolecular Hbond substituents is 3. The minimum absolute atomic E-state index is 0. The van der Waals surface area contributed by atoms with E-state index in [-0.39, 0.29) is 49.2 Å². The Hall–Kier alpha value is -2.88. The lowest BCUT2D eigenvalue weighted by Gasteiger charge is -1.99. The third-order valence-electron chi connectivity index (χ3n) is 3.98. The van der Waals surface area contributed by atoms with Crippen LogP contribution in [0.5, 0.6) is 17.2 Å². The number of hydrogen-bond donors (Lipinski definition) is 5. The van der Waals surface area contributed by atoms with Gasteiger partial charge in [0.15, 0.2) is 5.75 Å². The number of nitrogen functional groups attached to an aromatic ring is 2. The van der Waals surface area contributed by atoms with E-state index in [1.165, 1.54) is 6.07 Å². The molecule has 0 atom stereocenters. The summed E-state index contributed by atoms with van der Waals surface area (Å²) >= 11 is 3.10. The van der Waals surface area contributed by atoms with Crippen molar-refractivity contribution in [2.24, 2.45) is 0 Å². The number of para-hydroxylation sites is 2. The van der Waals surface area contributed by atoms with Gasteiger partial charge in [0.25, 0.3) is 0 Å². The van der Waals surface area contributed by atoms with Crippen LogP contribution in [0.2, 0.25) is 0 Å². The molecule has 0 saturated carbocycles. The minimum atomic E-state index is -0.618. The Balaban J connectivity index is -0.000000396. The molecule has 32 heavy (non-hydrogen) atoms. The van der Waals surface area contributed by atoms with Gasteiger partial charge in [-0.2, -0.15) is 0 Å². The van der Waals surface area contributed by atoms with Crippen LogP contribution >= 0.6 is 28.3 Å². The summed E-state index contributed by atoms with van der Waals surface area (Å²) in [5, 5.41) is 37.7. The molecule has 3 rings (SSSR count). The van der Waals surface area contributed by atoms with Gasteiger partial charge >= 0.3 is 5.69 Å². The van der Waals surface area contributed by atoms with E-state index in [0.29, 0.717) is 21.4 Å². The van der Waals surface area contributed by atoms with Crippen molar-refractivity contribution in [3.05, 3.63) is 79.8 Å². The molecular formula is C21H27BrCl2N3O5-. The molecule has 0 aromatic heterocycles. The summed E-state index contributed by atoms with van der Waals surface area (Å²) in [7, 11) is 0. The number of nitro benzene ring substituents is 1. The summed E-state index contributed by atoms with van der Waals surface area (Å²) in [6.07, 6.45) is 0. The second-order valence-corrected chi connectivity index (χ2v) is 7.29. The molecule has 3 aromatic rings. The Kier molecular flexibility index (Phi) is 13.9. The number of halogens is 3. The zero-order chi connectivity index (χ0) is 23.0. The molecule has 0 aliphatic carbocycles. The van der Waals surface area contributed by atoms with Crippen LogP contribution in [0, 0.1) is 30.9 Å². The molecule has 0 radical (unpaired) electrons. The van der Waals surface area contributed by atoms with Gasteiger partial charge in [-0.15, -0.1) is 12.4 Å². The Morgan fingerprint density at radius 2 is 1.25 bits per heavy atom. The number of nitrogens with two attached hydrogens (primary N) is 2. The lowest BCUT2D eigenvalue weighted by Crippen LogP contribution is -3.00. The molecule has 0 heterocycles.